The highest BCUT2D eigenvalue weighted by molar-refractivity contribution is 6.62. The van der Waals surface area contributed by atoms with Crippen LogP contribution in [-0.4, -0.2) is 28.3 Å². The summed E-state index contributed by atoms with van der Waals surface area (Å²) >= 11 is 0. The molecular formula is C30H27BN2O2. The molecule has 6 rings (SSSR count). The van der Waals surface area contributed by atoms with Gasteiger partial charge in [-0.05, 0) is 56.4 Å². The first-order chi connectivity index (χ1) is 16.8. The summed E-state index contributed by atoms with van der Waals surface area (Å²) in [5.74, 6) is 0. The topological polar surface area (TPSA) is 44.2 Å². The van der Waals surface area contributed by atoms with E-state index in [9.17, 15) is 0 Å². The van der Waals surface area contributed by atoms with Crippen LogP contribution in [-0.2, 0) is 9.31 Å². The van der Waals surface area contributed by atoms with Crippen LogP contribution in [0.1, 0.15) is 27.7 Å². The van der Waals surface area contributed by atoms with E-state index < -0.39 is 0 Å². The minimum Gasteiger partial charge on any atom is -0.399 e. The lowest BCUT2D eigenvalue weighted by atomic mass is 9.78. The van der Waals surface area contributed by atoms with E-state index in [1.165, 1.54) is 0 Å². The molecule has 5 heteroatoms. The molecule has 2 aromatic heterocycles. The standard InChI is InChI=1S/C30H27BN2O2/c1-29(2)30(3,4)35-31(34-29)23-15-12-20(13-16-23)25-19-26(21-9-6-5-7-10-21)33-28-24(25)17-14-22-11-8-18-32-27(22)28/h5-19H,1-4H3. The number of fused-ring (bicyclic) bond motifs is 3. The van der Waals surface area contributed by atoms with E-state index in [0.717, 1.165) is 49.7 Å². The summed E-state index contributed by atoms with van der Waals surface area (Å²) in [4.78, 5) is 9.75. The minimum atomic E-state index is -0.378. The van der Waals surface area contributed by atoms with E-state index in [-0.39, 0.29) is 18.3 Å². The van der Waals surface area contributed by atoms with Gasteiger partial charge >= 0.3 is 7.12 Å². The zero-order valence-corrected chi connectivity index (χ0v) is 20.4. The number of pyridine rings is 2. The Balaban J connectivity index is 1.49. The number of nitrogens with zero attached hydrogens (tertiary/aromatic N) is 2. The molecule has 0 spiro atoms. The number of aromatic nitrogens is 2. The molecule has 1 aliphatic rings. The monoisotopic (exact) mass is 458 g/mol. The van der Waals surface area contributed by atoms with E-state index in [4.69, 9.17) is 14.3 Å². The first-order valence-electron chi connectivity index (χ1n) is 12.0. The zero-order valence-electron chi connectivity index (χ0n) is 20.4. The predicted molar refractivity (Wildman–Crippen MR) is 144 cm³/mol. The van der Waals surface area contributed by atoms with Crippen LogP contribution < -0.4 is 5.46 Å². The fourth-order valence-electron chi connectivity index (χ4n) is 4.62. The largest absolute Gasteiger partial charge is 0.494 e. The van der Waals surface area contributed by atoms with Gasteiger partial charge < -0.3 is 9.31 Å². The molecule has 4 nitrogen and oxygen atoms in total. The number of rotatable bonds is 3. The van der Waals surface area contributed by atoms with Crippen LogP contribution in [0.15, 0.2) is 91.1 Å². The van der Waals surface area contributed by atoms with Crippen molar-refractivity contribution >= 4 is 34.4 Å². The maximum Gasteiger partial charge on any atom is 0.494 e. The second kappa shape index (κ2) is 8.01. The number of benzene rings is 3. The molecule has 3 aromatic carbocycles. The molecule has 0 amide bonds. The molecule has 0 N–H and O–H groups in total. The van der Waals surface area contributed by atoms with Gasteiger partial charge in [-0.1, -0.05) is 72.8 Å². The second-order valence-electron chi connectivity index (χ2n) is 10.2. The second-order valence-corrected chi connectivity index (χ2v) is 10.2. The van der Waals surface area contributed by atoms with Crippen molar-refractivity contribution in [1.82, 2.24) is 9.97 Å². The Hall–Kier alpha value is -3.54. The highest BCUT2D eigenvalue weighted by Gasteiger charge is 2.51. The molecule has 0 unspecified atom stereocenters. The normalized spacial score (nSPS) is 16.7. The van der Waals surface area contributed by atoms with Crippen LogP contribution in [0.3, 0.4) is 0 Å². The summed E-state index contributed by atoms with van der Waals surface area (Å²) in [7, 11) is -0.378. The molecule has 172 valence electrons. The first kappa shape index (κ1) is 22.0. The van der Waals surface area contributed by atoms with Crippen LogP contribution in [0.2, 0.25) is 0 Å². The Bertz CT molecular complexity index is 1530. The maximum absolute atomic E-state index is 6.25. The van der Waals surface area contributed by atoms with Crippen LogP contribution in [0.25, 0.3) is 44.2 Å². The molecular weight excluding hydrogens is 431 g/mol. The lowest BCUT2D eigenvalue weighted by Gasteiger charge is -2.32. The molecule has 1 saturated heterocycles. The van der Waals surface area contributed by atoms with Crippen molar-refractivity contribution in [2.75, 3.05) is 0 Å². The van der Waals surface area contributed by atoms with Crippen molar-refractivity contribution in [2.45, 2.75) is 38.9 Å². The van der Waals surface area contributed by atoms with Gasteiger partial charge in [-0.2, -0.15) is 0 Å². The van der Waals surface area contributed by atoms with Crippen molar-refractivity contribution < 1.29 is 9.31 Å². The van der Waals surface area contributed by atoms with E-state index in [0.29, 0.717) is 0 Å². The third-order valence-electron chi connectivity index (χ3n) is 7.37. The summed E-state index contributed by atoms with van der Waals surface area (Å²) in [6.07, 6.45) is 1.83. The smallest absolute Gasteiger partial charge is 0.399 e. The van der Waals surface area contributed by atoms with Crippen molar-refractivity contribution in [1.29, 1.82) is 0 Å². The quantitative estimate of drug-likeness (QED) is 0.231. The van der Waals surface area contributed by atoms with Crippen molar-refractivity contribution in [3.05, 3.63) is 91.1 Å². The van der Waals surface area contributed by atoms with Gasteiger partial charge in [0.2, 0.25) is 0 Å². The lowest BCUT2D eigenvalue weighted by molar-refractivity contribution is 0.00578. The number of hydrogen-bond donors (Lipinski definition) is 0. The van der Waals surface area contributed by atoms with Gasteiger partial charge in [-0.25, -0.2) is 4.98 Å². The van der Waals surface area contributed by atoms with Crippen LogP contribution in [0.5, 0.6) is 0 Å². The van der Waals surface area contributed by atoms with E-state index >= 15 is 0 Å². The van der Waals surface area contributed by atoms with Gasteiger partial charge in [-0.15, -0.1) is 0 Å². The molecule has 0 saturated carbocycles. The molecule has 3 heterocycles. The fraction of sp³-hybridized carbons (Fsp3) is 0.200. The summed E-state index contributed by atoms with van der Waals surface area (Å²) in [5.41, 5.74) is 6.37. The molecule has 1 aliphatic heterocycles. The van der Waals surface area contributed by atoms with Crippen LogP contribution in [0.4, 0.5) is 0 Å². The van der Waals surface area contributed by atoms with Gasteiger partial charge in [-0.3, -0.25) is 4.98 Å². The molecule has 0 bridgehead atoms. The van der Waals surface area contributed by atoms with Crippen molar-refractivity contribution in [3.8, 4) is 22.4 Å². The summed E-state index contributed by atoms with van der Waals surface area (Å²) in [6, 6.07) is 29.3. The average molecular weight is 458 g/mol. The molecule has 0 radical (unpaired) electrons. The maximum atomic E-state index is 6.25. The van der Waals surface area contributed by atoms with E-state index in [1.807, 2.05) is 30.5 Å². The Morgan fingerprint density at radius 1 is 0.686 bits per heavy atom. The Morgan fingerprint density at radius 3 is 2.11 bits per heavy atom. The summed E-state index contributed by atoms with van der Waals surface area (Å²) < 4.78 is 12.5. The van der Waals surface area contributed by atoms with E-state index in [1.54, 1.807) is 0 Å². The third kappa shape index (κ3) is 3.72. The molecule has 5 aromatic rings. The van der Waals surface area contributed by atoms with Crippen LogP contribution in [0, 0.1) is 0 Å². The molecule has 0 atom stereocenters. The van der Waals surface area contributed by atoms with E-state index in [2.05, 4.69) is 93.3 Å². The Morgan fingerprint density at radius 2 is 1.40 bits per heavy atom. The summed E-state index contributed by atoms with van der Waals surface area (Å²) in [6.45, 7) is 8.31. The Labute approximate surface area is 206 Å². The van der Waals surface area contributed by atoms with Gasteiger partial charge in [0, 0.05) is 22.5 Å². The predicted octanol–water partition coefficient (Wildman–Crippen LogP) is 6.42. The highest BCUT2D eigenvalue weighted by Crippen LogP contribution is 2.37. The minimum absolute atomic E-state index is 0.365. The lowest BCUT2D eigenvalue weighted by Crippen LogP contribution is -2.41. The third-order valence-corrected chi connectivity index (χ3v) is 7.37. The molecule has 35 heavy (non-hydrogen) atoms. The Kier molecular flexibility index (Phi) is 5.03. The highest BCUT2D eigenvalue weighted by atomic mass is 16.7. The van der Waals surface area contributed by atoms with Crippen molar-refractivity contribution in [2.24, 2.45) is 0 Å². The first-order valence-corrected chi connectivity index (χ1v) is 12.0. The van der Waals surface area contributed by atoms with Crippen molar-refractivity contribution in [3.63, 3.8) is 0 Å². The zero-order chi connectivity index (χ0) is 24.2. The fourth-order valence-corrected chi connectivity index (χ4v) is 4.62. The van der Waals surface area contributed by atoms with Gasteiger partial charge in [0.15, 0.2) is 0 Å². The number of hydrogen-bond acceptors (Lipinski definition) is 4. The average Bonchev–Trinajstić information content (AvgIpc) is 3.10. The van der Waals surface area contributed by atoms with Gasteiger partial charge in [0.05, 0.1) is 27.9 Å². The summed E-state index contributed by atoms with van der Waals surface area (Å²) in [5, 5.41) is 2.17. The van der Waals surface area contributed by atoms with Gasteiger partial charge in [0.25, 0.3) is 0 Å². The van der Waals surface area contributed by atoms with Crippen LogP contribution >= 0.6 is 0 Å². The van der Waals surface area contributed by atoms with Gasteiger partial charge in [0.1, 0.15) is 0 Å². The SMILES string of the molecule is CC1(C)OB(c2ccc(-c3cc(-c4ccccc4)nc4c3ccc3cccnc34)cc2)OC1(C)C. The molecule has 0 aliphatic carbocycles. The molecule has 1 fully saturated rings.